The van der Waals surface area contributed by atoms with Crippen molar-refractivity contribution in [1.29, 1.82) is 0 Å². The van der Waals surface area contributed by atoms with Crippen molar-refractivity contribution in [2.45, 2.75) is 18.9 Å². The molecule has 25 heavy (non-hydrogen) atoms. The minimum Gasteiger partial charge on any atom is -0.312 e. The van der Waals surface area contributed by atoms with Crippen LogP contribution in [0.5, 0.6) is 0 Å². The third-order valence-electron chi connectivity index (χ3n) is 4.92. The first-order chi connectivity index (χ1) is 12.1. The van der Waals surface area contributed by atoms with Crippen LogP contribution >= 0.6 is 15.9 Å². The average Bonchev–Trinajstić information content (AvgIpc) is 2.58. The van der Waals surface area contributed by atoms with E-state index in [0.29, 0.717) is 24.2 Å². The van der Waals surface area contributed by atoms with Gasteiger partial charge in [-0.15, -0.1) is 0 Å². The van der Waals surface area contributed by atoms with Crippen molar-refractivity contribution in [3.8, 4) is 0 Å². The highest BCUT2D eigenvalue weighted by atomic mass is 79.9. The average molecular weight is 403 g/mol. The smallest absolute Gasteiger partial charge is 0.250 e. The molecule has 2 aromatic rings. The molecule has 1 N–H and O–H groups in total. The third-order valence-corrected chi connectivity index (χ3v) is 5.39. The molecular weight excluding hydrogens is 384 g/mol. The van der Waals surface area contributed by atoms with Gasteiger partial charge >= 0.3 is 0 Å². The van der Waals surface area contributed by atoms with Gasteiger partial charge in [-0.1, -0.05) is 6.07 Å². The fourth-order valence-corrected chi connectivity index (χ4v) is 4.19. The molecule has 2 aromatic heterocycles. The normalized spacial score (nSPS) is 22.3. The number of rotatable bonds is 3. The lowest BCUT2D eigenvalue weighted by atomic mass is 9.83. The van der Waals surface area contributed by atoms with Crippen LogP contribution in [0.1, 0.15) is 18.0 Å². The van der Waals surface area contributed by atoms with E-state index >= 15 is 0 Å². The molecule has 2 aliphatic rings. The van der Waals surface area contributed by atoms with E-state index in [4.69, 9.17) is 0 Å². The summed E-state index contributed by atoms with van der Waals surface area (Å²) in [6.45, 7) is 2.75. The second kappa shape index (κ2) is 6.72. The van der Waals surface area contributed by atoms with E-state index in [1.165, 1.54) is 0 Å². The Morgan fingerprint density at radius 2 is 2.12 bits per heavy atom. The molecule has 2 aliphatic heterocycles. The first kappa shape index (κ1) is 16.5. The Balaban J connectivity index is 1.43. The van der Waals surface area contributed by atoms with Crippen LogP contribution in [0.25, 0.3) is 0 Å². The molecule has 0 saturated carbocycles. The fourth-order valence-electron chi connectivity index (χ4n) is 3.96. The molecule has 2 atom stereocenters. The molecule has 2 bridgehead atoms. The Kier molecular flexibility index (Phi) is 4.43. The maximum absolute atomic E-state index is 12.3. The van der Waals surface area contributed by atoms with Gasteiger partial charge < -0.3 is 9.88 Å². The zero-order valence-corrected chi connectivity index (χ0v) is 15.3. The number of halogens is 1. The molecule has 0 spiro atoms. The van der Waals surface area contributed by atoms with Gasteiger partial charge in [-0.25, -0.2) is 4.98 Å². The molecule has 4 rings (SSSR count). The van der Waals surface area contributed by atoms with Gasteiger partial charge in [-0.2, -0.15) is 0 Å². The van der Waals surface area contributed by atoms with Crippen LogP contribution in [0.4, 0.5) is 5.82 Å². The van der Waals surface area contributed by atoms with Crippen molar-refractivity contribution >= 4 is 27.7 Å². The Hall–Kier alpha value is -1.99. The lowest BCUT2D eigenvalue weighted by Crippen LogP contribution is -2.49. The number of fused-ring (bicyclic) bond motifs is 4. The summed E-state index contributed by atoms with van der Waals surface area (Å²) in [6.07, 6.45) is 2.76. The number of aromatic nitrogens is 2. The maximum atomic E-state index is 12.3. The van der Waals surface area contributed by atoms with Crippen molar-refractivity contribution in [1.82, 2.24) is 14.5 Å². The third kappa shape index (κ3) is 3.52. The topological polar surface area (TPSA) is 67.2 Å². The number of amides is 1. The summed E-state index contributed by atoms with van der Waals surface area (Å²) in [5.41, 5.74) is 1.18. The Morgan fingerprint density at radius 3 is 2.92 bits per heavy atom. The number of anilines is 1. The van der Waals surface area contributed by atoms with Gasteiger partial charge in [-0.05, 0) is 46.5 Å². The fraction of sp³-hybridized carbons (Fsp3) is 0.389. The van der Waals surface area contributed by atoms with Gasteiger partial charge in [0.15, 0.2) is 0 Å². The molecule has 6 nitrogen and oxygen atoms in total. The largest absolute Gasteiger partial charge is 0.312 e. The number of carbonyl (C=O) groups is 1. The summed E-state index contributed by atoms with van der Waals surface area (Å²) >= 11 is 3.33. The van der Waals surface area contributed by atoms with Crippen LogP contribution in [0.15, 0.2) is 45.8 Å². The lowest BCUT2D eigenvalue weighted by Gasteiger charge is -2.42. The van der Waals surface area contributed by atoms with Crippen LogP contribution in [-0.2, 0) is 11.3 Å². The summed E-state index contributed by atoms with van der Waals surface area (Å²) in [4.78, 5) is 30.7. The summed E-state index contributed by atoms with van der Waals surface area (Å²) in [5.74, 6) is 1.24. The van der Waals surface area contributed by atoms with Gasteiger partial charge in [0, 0.05) is 48.0 Å². The number of likely N-dealkylation sites (tertiary alicyclic amines) is 1. The number of carbonyl (C=O) groups excluding carboxylic acids is 1. The predicted molar refractivity (Wildman–Crippen MR) is 98.6 cm³/mol. The van der Waals surface area contributed by atoms with E-state index in [9.17, 15) is 9.59 Å². The molecule has 0 aromatic carbocycles. The predicted octanol–water partition coefficient (Wildman–Crippen LogP) is 2.06. The van der Waals surface area contributed by atoms with Gasteiger partial charge in [0.2, 0.25) is 5.91 Å². The van der Waals surface area contributed by atoms with Crippen LogP contribution in [0.2, 0.25) is 0 Å². The minimum absolute atomic E-state index is 0.0553. The molecule has 1 fully saturated rings. The number of hydrogen-bond donors (Lipinski definition) is 1. The highest BCUT2D eigenvalue weighted by Gasteiger charge is 2.34. The standard InChI is InChI=1S/C18H19BrN4O2/c19-14-4-5-16(20-7-14)21-17(24)11-22-8-12-6-13(10-22)15-2-1-3-18(25)23(15)9-12/h1-5,7,12-13H,6,8-11H2,(H,20,21,24)/t12-,13-/m0/s1. The van der Waals surface area contributed by atoms with E-state index < -0.39 is 0 Å². The van der Waals surface area contributed by atoms with Gasteiger partial charge in [-0.3, -0.25) is 14.5 Å². The van der Waals surface area contributed by atoms with Crippen LogP contribution < -0.4 is 10.9 Å². The van der Waals surface area contributed by atoms with Crippen LogP contribution in [0.3, 0.4) is 0 Å². The van der Waals surface area contributed by atoms with E-state index in [2.05, 4.69) is 31.1 Å². The first-order valence-corrected chi connectivity index (χ1v) is 9.21. The second-order valence-electron chi connectivity index (χ2n) is 6.80. The SMILES string of the molecule is O=C(CN1C[C@@H]2C[C@@H](C1)c1cccc(=O)n1C2)Nc1ccc(Br)cn1. The molecule has 0 aliphatic carbocycles. The Bertz CT molecular complexity index is 849. The number of nitrogens with zero attached hydrogens (tertiary/aromatic N) is 3. The van der Waals surface area contributed by atoms with E-state index in [-0.39, 0.29) is 11.5 Å². The highest BCUT2D eigenvalue weighted by Crippen LogP contribution is 2.34. The molecule has 1 amide bonds. The summed E-state index contributed by atoms with van der Waals surface area (Å²) in [6, 6.07) is 9.12. The number of nitrogens with one attached hydrogen (secondary N) is 1. The highest BCUT2D eigenvalue weighted by molar-refractivity contribution is 9.10. The summed E-state index contributed by atoms with van der Waals surface area (Å²) in [7, 11) is 0. The monoisotopic (exact) mass is 402 g/mol. The summed E-state index contributed by atoms with van der Waals surface area (Å²) in [5, 5.41) is 2.84. The molecule has 130 valence electrons. The van der Waals surface area contributed by atoms with Crippen molar-refractivity contribution in [3.63, 3.8) is 0 Å². The summed E-state index contributed by atoms with van der Waals surface area (Å²) < 4.78 is 2.78. The van der Waals surface area contributed by atoms with Gasteiger partial charge in [0.05, 0.1) is 6.54 Å². The maximum Gasteiger partial charge on any atom is 0.250 e. The molecule has 0 radical (unpaired) electrons. The van der Waals surface area contributed by atoms with E-state index in [0.717, 1.165) is 36.2 Å². The minimum atomic E-state index is -0.0553. The van der Waals surface area contributed by atoms with Crippen molar-refractivity contribution in [2.75, 3.05) is 25.0 Å². The second-order valence-corrected chi connectivity index (χ2v) is 7.72. The van der Waals surface area contributed by atoms with E-state index in [1.54, 1.807) is 18.3 Å². The Labute approximate surface area is 154 Å². The quantitative estimate of drug-likeness (QED) is 0.852. The Morgan fingerprint density at radius 1 is 1.24 bits per heavy atom. The number of pyridine rings is 2. The lowest BCUT2D eigenvalue weighted by molar-refractivity contribution is -0.118. The number of hydrogen-bond acceptors (Lipinski definition) is 4. The van der Waals surface area contributed by atoms with Crippen molar-refractivity contribution in [3.05, 3.63) is 57.0 Å². The molecule has 0 unspecified atom stereocenters. The van der Waals surface area contributed by atoms with Crippen LogP contribution in [0, 0.1) is 5.92 Å². The molecular formula is C18H19BrN4O2. The van der Waals surface area contributed by atoms with Gasteiger partial charge in [0.25, 0.3) is 5.56 Å². The van der Waals surface area contributed by atoms with E-state index in [1.807, 2.05) is 22.8 Å². The van der Waals surface area contributed by atoms with Gasteiger partial charge in [0.1, 0.15) is 5.82 Å². The molecule has 7 heteroatoms. The molecule has 4 heterocycles. The number of piperidine rings is 1. The van der Waals surface area contributed by atoms with Crippen molar-refractivity contribution in [2.24, 2.45) is 5.92 Å². The molecule has 1 saturated heterocycles. The first-order valence-electron chi connectivity index (χ1n) is 8.42. The zero-order chi connectivity index (χ0) is 17.4. The van der Waals surface area contributed by atoms with Crippen LogP contribution in [-0.4, -0.2) is 40.0 Å². The zero-order valence-electron chi connectivity index (χ0n) is 13.7. The van der Waals surface area contributed by atoms with Crippen molar-refractivity contribution < 1.29 is 4.79 Å².